The van der Waals surface area contributed by atoms with E-state index in [1.54, 1.807) is 4.57 Å². The zero-order chi connectivity index (χ0) is 33.8. The molecule has 4 aliphatic carbocycles. The predicted octanol–water partition coefficient (Wildman–Crippen LogP) is 5.82. The summed E-state index contributed by atoms with van der Waals surface area (Å²) in [5, 5.41) is 13.6. The van der Waals surface area contributed by atoms with Crippen molar-refractivity contribution in [1.29, 1.82) is 0 Å². The summed E-state index contributed by atoms with van der Waals surface area (Å²) < 4.78 is 35.5. The van der Waals surface area contributed by atoms with Gasteiger partial charge in [0.05, 0.1) is 30.9 Å². The average molecular weight is 681 g/mol. The van der Waals surface area contributed by atoms with Gasteiger partial charge in [-0.1, -0.05) is 13.8 Å². The number of rotatable bonds is 10. The lowest BCUT2D eigenvalue weighted by Gasteiger charge is -2.60. The molecule has 1 aliphatic heterocycles. The van der Waals surface area contributed by atoms with E-state index in [-0.39, 0.29) is 65.3 Å². The summed E-state index contributed by atoms with van der Waals surface area (Å²) >= 11 is 6.74. The number of aromatic nitrogens is 2. The number of nitrogens with one attached hydrogen (secondary N) is 1. The summed E-state index contributed by atoms with van der Waals surface area (Å²) in [5.74, 6) is -2.25. The van der Waals surface area contributed by atoms with E-state index in [0.717, 1.165) is 62.6 Å². The highest BCUT2D eigenvalue weighted by molar-refractivity contribution is 6.20. The summed E-state index contributed by atoms with van der Waals surface area (Å²) in [6, 6.07) is 0.637. The highest BCUT2D eigenvalue weighted by Gasteiger charge is 2.62. The van der Waals surface area contributed by atoms with E-state index in [9.17, 15) is 23.5 Å². The highest BCUT2D eigenvalue weighted by atomic mass is 35.5. The number of alkyl halides is 3. The molecule has 1 aromatic heterocycles. The van der Waals surface area contributed by atoms with Crippen LogP contribution in [-0.2, 0) is 28.9 Å². The third-order valence-electron chi connectivity index (χ3n) is 13.0. The highest BCUT2D eigenvalue weighted by Crippen LogP contribution is 2.63. The molecule has 6 rings (SSSR count). The number of ether oxygens (including phenoxy) is 1. The first kappa shape index (κ1) is 35.2. The number of piperidine rings is 1. The van der Waals surface area contributed by atoms with E-state index in [2.05, 4.69) is 31.1 Å². The van der Waals surface area contributed by atoms with Crippen LogP contribution in [0.5, 0.6) is 0 Å². The maximum absolute atomic E-state index is 13.9. The standard InChI is InChI=1S/C36H55ClF2N4O4/c1-6-26(34(45)46)32-21(3)27(13-20(2)40-32)28-14-23(37)7-10-31(28)47-12-11-43-22(4)41-30-9-8-24(15-29(30)33(43)44)42(5)25-16-35(17-25)18-36(38,39)19-35/h20-21,23-28,31-32,40H,6-19H2,1-5H3,(H,45,46). The molecule has 1 saturated heterocycles. The maximum atomic E-state index is 13.9. The molecule has 0 radical (unpaired) electrons. The van der Waals surface area contributed by atoms with Crippen LogP contribution in [0.2, 0.25) is 0 Å². The number of carbonyl (C=O) groups is 1. The quantitative estimate of drug-likeness (QED) is 0.301. The number of aliphatic carboxylic acids is 1. The van der Waals surface area contributed by atoms with Crippen LogP contribution in [0.4, 0.5) is 8.78 Å². The molecule has 4 fully saturated rings. The first-order chi connectivity index (χ1) is 22.2. The molecule has 2 heterocycles. The van der Waals surface area contributed by atoms with Gasteiger partial charge in [-0.2, -0.15) is 0 Å². The molecule has 47 heavy (non-hydrogen) atoms. The van der Waals surface area contributed by atoms with Crippen LogP contribution >= 0.6 is 11.6 Å². The molecule has 5 aliphatic rings. The first-order valence-electron chi connectivity index (χ1n) is 18.1. The van der Waals surface area contributed by atoms with E-state index >= 15 is 0 Å². The molecule has 264 valence electrons. The second-order valence-corrected chi connectivity index (χ2v) is 16.7. The number of carboxylic acids is 1. The Labute approximate surface area is 283 Å². The summed E-state index contributed by atoms with van der Waals surface area (Å²) in [6.45, 7) is 9.01. The summed E-state index contributed by atoms with van der Waals surface area (Å²) in [5.41, 5.74) is 1.54. The second kappa shape index (κ2) is 13.6. The van der Waals surface area contributed by atoms with Crippen molar-refractivity contribution in [2.45, 2.75) is 153 Å². The zero-order valence-electron chi connectivity index (χ0n) is 28.8. The van der Waals surface area contributed by atoms with E-state index in [4.69, 9.17) is 21.3 Å². The van der Waals surface area contributed by atoms with Gasteiger partial charge < -0.3 is 20.1 Å². The normalized spacial score (nSPS) is 35.6. The van der Waals surface area contributed by atoms with Crippen LogP contribution in [0.25, 0.3) is 0 Å². The third kappa shape index (κ3) is 7.04. The molecule has 11 heteroatoms. The largest absolute Gasteiger partial charge is 0.481 e. The van der Waals surface area contributed by atoms with Crippen molar-refractivity contribution in [3.05, 3.63) is 27.4 Å². The minimum absolute atomic E-state index is 0.00863. The van der Waals surface area contributed by atoms with Gasteiger partial charge in [-0.25, -0.2) is 13.8 Å². The number of hydrogen-bond donors (Lipinski definition) is 2. The lowest BCUT2D eigenvalue weighted by Crippen LogP contribution is -2.61. The van der Waals surface area contributed by atoms with Crippen LogP contribution in [0.15, 0.2) is 4.79 Å². The lowest BCUT2D eigenvalue weighted by atomic mass is 9.52. The number of likely N-dealkylation sites (N-methyl/N-ethyl adjacent to an activating group) is 1. The summed E-state index contributed by atoms with van der Waals surface area (Å²) in [4.78, 5) is 33.2. The number of hydrogen-bond acceptors (Lipinski definition) is 6. The first-order valence-corrected chi connectivity index (χ1v) is 18.6. The molecule has 9 unspecified atom stereocenters. The number of halogens is 3. The van der Waals surface area contributed by atoms with E-state index in [1.807, 2.05) is 13.8 Å². The van der Waals surface area contributed by atoms with Gasteiger partial charge in [0, 0.05) is 47.9 Å². The molecular weight excluding hydrogens is 626 g/mol. The molecule has 0 amide bonds. The Hall–Kier alpha value is -1.62. The fraction of sp³-hybridized carbons (Fsp3) is 0.861. The Bertz CT molecular complexity index is 1360. The third-order valence-corrected chi connectivity index (χ3v) is 13.3. The molecule has 0 bridgehead atoms. The number of fused-ring (bicyclic) bond motifs is 1. The van der Waals surface area contributed by atoms with Gasteiger partial charge in [0.1, 0.15) is 5.82 Å². The monoisotopic (exact) mass is 680 g/mol. The predicted molar refractivity (Wildman–Crippen MR) is 178 cm³/mol. The molecule has 0 aromatic carbocycles. The molecule has 1 spiro atoms. The number of aryl methyl sites for hydroxylation is 2. The van der Waals surface area contributed by atoms with Crippen molar-refractivity contribution in [3.8, 4) is 0 Å². The summed E-state index contributed by atoms with van der Waals surface area (Å²) in [7, 11) is 2.10. The van der Waals surface area contributed by atoms with Gasteiger partial charge in [0.15, 0.2) is 0 Å². The fourth-order valence-corrected chi connectivity index (χ4v) is 10.8. The molecule has 9 atom stereocenters. The van der Waals surface area contributed by atoms with Crippen LogP contribution in [0.1, 0.15) is 102 Å². The Morgan fingerprint density at radius 2 is 1.89 bits per heavy atom. The van der Waals surface area contributed by atoms with Crippen molar-refractivity contribution in [2.24, 2.45) is 29.1 Å². The second-order valence-electron chi connectivity index (χ2n) is 16.1. The summed E-state index contributed by atoms with van der Waals surface area (Å²) in [6.07, 6.45) is 8.18. The lowest BCUT2D eigenvalue weighted by molar-refractivity contribution is -0.210. The van der Waals surface area contributed by atoms with Crippen LogP contribution in [0, 0.1) is 36.0 Å². The van der Waals surface area contributed by atoms with Crippen molar-refractivity contribution < 1.29 is 23.4 Å². The van der Waals surface area contributed by atoms with Crippen LogP contribution in [0.3, 0.4) is 0 Å². The van der Waals surface area contributed by atoms with Crippen LogP contribution in [-0.4, -0.2) is 80.8 Å². The minimum atomic E-state index is -2.48. The van der Waals surface area contributed by atoms with E-state index < -0.39 is 17.8 Å². The van der Waals surface area contributed by atoms with Crippen molar-refractivity contribution in [1.82, 2.24) is 19.8 Å². The van der Waals surface area contributed by atoms with Gasteiger partial charge in [-0.3, -0.25) is 14.2 Å². The molecule has 1 aromatic rings. The average Bonchev–Trinajstić information content (AvgIpc) is 2.98. The number of carboxylic acid groups (broad SMARTS) is 1. The van der Waals surface area contributed by atoms with E-state index in [0.29, 0.717) is 43.8 Å². The zero-order valence-corrected chi connectivity index (χ0v) is 29.6. The Morgan fingerprint density at radius 1 is 1.17 bits per heavy atom. The Kier molecular flexibility index (Phi) is 10.2. The van der Waals surface area contributed by atoms with Gasteiger partial charge in [0.25, 0.3) is 5.56 Å². The SMILES string of the molecule is CCC(C(=O)O)C1NC(C)CC(C2CC(Cl)CCC2OCCn2c(C)nc3c(c2=O)CC(N(C)C2CC4(C2)CC(F)(F)C4)CC3)C1C. The molecular formula is C36H55ClF2N4O4. The molecule has 8 nitrogen and oxygen atoms in total. The minimum Gasteiger partial charge on any atom is -0.481 e. The number of nitrogens with zero attached hydrogens (tertiary/aromatic N) is 3. The van der Waals surface area contributed by atoms with Gasteiger partial charge >= 0.3 is 5.97 Å². The van der Waals surface area contributed by atoms with Gasteiger partial charge in [-0.05, 0) is 108 Å². The topological polar surface area (TPSA) is 96.7 Å². The van der Waals surface area contributed by atoms with Gasteiger partial charge in [0.2, 0.25) is 5.92 Å². The molecule has 2 N–H and O–H groups in total. The van der Waals surface area contributed by atoms with Gasteiger partial charge in [-0.15, -0.1) is 11.6 Å². The van der Waals surface area contributed by atoms with Crippen molar-refractivity contribution >= 4 is 17.6 Å². The Balaban J connectivity index is 1.10. The van der Waals surface area contributed by atoms with Crippen LogP contribution < -0.4 is 10.9 Å². The fourth-order valence-electron chi connectivity index (χ4n) is 10.4. The molecule has 3 saturated carbocycles. The Morgan fingerprint density at radius 3 is 2.55 bits per heavy atom. The maximum Gasteiger partial charge on any atom is 0.308 e. The van der Waals surface area contributed by atoms with E-state index in [1.165, 1.54) is 0 Å². The smallest absolute Gasteiger partial charge is 0.308 e. The van der Waals surface area contributed by atoms with Crippen molar-refractivity contribution in [3.63, 3.8) is 0 Å². The van der Waals surface area contributed by atoms with Crippen molar-refractivity contribution in [2.75, 3.05) is 13.7 Å².